The molecule has 1 heterocycles. The largest absolute Gasteiger partial charge is 0.484 e. The van der Waals surface area contributed by atoms with E-state index in [1.54, 1.807) is 16.7 Å². The number of ether oxygens (including phenoxy) is 2. The van der Waals surface area contributed by atoms with Crippen LogP contribution in [0, 0.1) is 0 Å². The van der Waals surface area contributed by atoms with E-state index >= 15 is 0 Å². The van der Waals surface area contributed by atoms with Crippen LogP contribution < -0.4 is 4.74 Å². The Kier molecular flexibility index (Phi) is 5.98. The van der Waals surface area contributed by atoms with Crippen molar-refractivity contribution < 1.29 is 19.1 Å². The van der Waals surface area contributed by atoms with Gasteiger partial charge in [0.05, 0.1) is 6.61 Å². The number of amides is 2. The number of benzene rings is 2. The highest BCUT2D eigenvalue weighted by Crippen LogP contribution is 2.24. The van der Waals surface area contributed by atoms with Gasteiger partial charge < -0.3 is 19.3 Å². The van der Waals surface area contributed by atoms with Crippen LogP contribution in [-0.2, 0) is 9.53 Å². The van der Waals surface area contributed by atoms with Gasteiger partial charge in [-0.3, -0.25) is 4.79 Å². The second kappa shape index (κ2) is 8.40. The van der Waals surface area contributed by atoms with Crippen molar-refractivity contribution in [3.8, 4) is 5.75 Å². The van der Waals surface area contributed by atoms with E-state index < -0.39 is 0 Å². The third-order valence-corrected chi connectivity index (χ3v) is 4.79. The normalized spacial score (nSPS) is 14.4. The molecule has 0 aromatic heterocycles. The third kappa shape index (κ3) is 4.46. The van der Waals surface area contributed by atoms with Crippen molar-refractivity contribution in [2.45, 2.75) is 6.92 Å². The quantitative estimate of drug-likeness (QED) is 0.761. The molecule has 2 amide bonds. The van der Waals surface area contributed by atoms with Crippen LogP contribution in [0.4, 0.5) is 4.79 Å². The number of halogens is 1. The molecular formula is C19H21BrN2O4. The number of fused-ring (bicyclic) bond motifs is 1. The summed E-state index contributed by atoms with van der Waals surface area (Å²) in [7, 11) is 0. The van der Waals surface area contributed by atoms with E-state index in [2.05, 4.69) is 15.9 Å². The van der Waals surface area contributed by atoms with Crippen molar-refractivity contribution >= 4 is 38.7 Å². The van der Waals surface area contributed by atoms with E-state index in [0.29, 0.717) is 38.5 Å². The molecule has 1 aliphatic heterocycles. The first kappa shape index (κ1) is 18.5. The molecule has 0 bridgehead atoms. The second-order valence-electron chi connectivity index (χ2n) is 6.01. The predicted molar refractivity (Wildman–Crippen MR) is 102 cm³/mol. The van der Waals surface area contributed by atoms with Crippen LogP contribution in [0.15, 0.2) is 40.9 Å². The number of nitrogens with zero attached hydrogens (tertiary/aromatic N) is 2. The summed E-state index contributed by atoms with van der Waals surface area (Å²) in [5, 5.41) is 2.16. The summed E-state index contributed by atoms with van der Waals surface area (Å²) in [5.41, 5.74) is 0. The topological polar surface area (TPSA) is 59.1 Å². The molecule has 0 aliphatic carbocycles. The summed E-state index contributed by atoms with van der Waals surface area (Å²) in [5.74, 6) is 0.586. The van der Waals surface area contributed by atoms with E-state index in [0.717, 1.165) is 15.2 Å². The Morgan fingerprint density at radius 2 is 1.65 bits per heavy atom. The van der Waals surface area contributed by atoms with E-state index in [-0.39, 0.29) is 18.6 Å². The fourth-order valence-electron chi connectivity index (χ4n) is 2.87. The molecule has 0 radical (unpaired) electrons. The minimum Gasteiger partial charge on any atom is -0.484 e. The van der Waals surface area contributed by atoms with Gasteiger partial charge in [-0.1, -0.05) is 28.1 Å². The van der Waals surface area contributed by atoms with E-state index in [4.69, 9.17) is 9.47 Å². The highest BCUT2D eigenvalue weighted by Gasteiger charge is 2.24. The lowest BCUT2D eigenvalue weighted by molar-refractivity contribution is -0.134. The van der Waals surface area contributed by atoms with E-state index in [1.165, 1.54) is 0 Å². The van der Waals surface area contributed by atoms with Gasteiger partial charge in [0.1, 0.15) is 5.75 Å². The zero-order valence-electron chi connectivity index (χ0n) is 14.6. The van der Waals surface area contributed by atoms with E-state index in [1.807, 2.05) is 36.4 Å². The molecule has 2 aromatic rings. The first-order valence-electron chi connectivity index (χ1n) is 8.58. The van der Waals surface area contributed by atoms with Gasteiger partial charge in [0, 0.05) is 30.7 Å². The molecule has 7 heteroatoms. The Bertz CT molecular complexity index is 803. The number of hydrogen-bond donors (Lipinski definition) is 0. The van der Waals surface area contributed by atoms with Gasteiger partial charge in [-0.2, -0.15) is 0 Å². The molecule has 0 spiro atoms. The Labute approximate surface area is 160 Å². The molecule has 1 saturated heterocycles. The maximum Gasteiger partial charge on any atom is 0.409 e. The van der Waals surface area contributed by atoms with Crippen molar-refractivity contribution in [2.75, 3.05) is 39.4 Å². The second-order valence-corrected chi connectivity index (χ2v) is 6.92. The summed E-state index contributed by atoms with van der Waals surface area (Å²) in [6, 6.07) is 11.8. The lowest BCUT2D eigenvalue weighted by atomic mass is 10.1. The summed E-state index contributed by atoms with van der Waals surface area (Å²) in [6.07, 6.45) is -0.321. The number of rotatable bonds is 4. The molecule has 0 unspecified atom stereocenters. The highest BCUT2D eigenvalue weighted by molar-refractivity contribution is 9.10. The molecule has 26 heavy (non-hydrogen) atoms. The van der Waals surface area contributed by atoms with Gasteiger partial charge in [-0.05, 0) is 42.0 Å². The fourth-order valence-corrected chi connectivity index (χ4v) is 3.25. The van der Waals surface area contributed by atoms with Crippen LogP contribution in [0.2, 0.25) is 0 Å². The fraction of sp³-hybridized carbons (Fsp3) is 0.368. The Morgan fingerprint density at radius 1 is 1.00 bits per heavy atom. The first-order valence-corrected chi connectivity index (χ1v) is 9.37. The van der Waals surface area contributed by atoms with Crippen molar-refractivity contribution in [1.29, 1.82) is 0 Å². The van der Waals surface area contributed by atoms with Crippen LogP contribution in [0.3, 0.4) is 0 Å². The molecule has 1 aliphatic rings. The summed E-state index contributed by atoms with van der Waals surface area (Å²) >= 11 is 3.45. The number of piperazine rings is 1. The lowest BCUT2D eigenvalue weighted by Gasteiger charge is -2.33. The van der Waals surface area contributed by atoms with E-state index in [9.17, 15) is 9.59 Å². The van der Waals surface area contributed by atoms with Crippen LogP contribution in [0.25, 0.3) is 10.8 Å². The van der Waals surface area contributed by atoms with Crippen LogP contribution in [0.1, 0.15) is 6.92 Å². The van der Waals surface area contributed by atoms with Crippen molar-refractivity contribution in [3.05, 3.63) is 40.9 Å². The molecule has 2 aromatic carbocycles. The average molecular weight is 421 g/mol. The Hall–Kier alpha value is -2.28. The van der Waals surface area contributed by atoms with Crippen molar-refractivity contribution in [2.24, 2.45) is 0 Å². The zero-order valence-corrected chi connectivity index (χ0v) is 16.2. The van der Waals surface area contributed by atoms with Gasteiger partial charge >= 0.3 is 6.09 Å². The maximum atomic E-state index is 12.3. The Balaban J connectivity index is 1.51. The monoisotopic (exact) mass is 420 g/mol. The lowest BCUT2D eigenvalue weighted by Crippen LogP contribution is -2.51. The highest BCUT2D eigenvalue weighted by atomic mass is 79.9. The molecule has 6 nitrogen and oxygen atoms in total. The predicted octanol–water partition coefficient (Wildman–Crippen LogP) is 3.28. The SMILES string of the molecule is CCOC(=O)N1CCN(C(=O)COc2ccc3cc(Br)ccc3c2)CC1. The molecule has 0 N–H and O–H groups in total. The molecular weight excluding hydrogens is 400 g/mol. The van der Waals surface area contributed by atoms with Gasteiger partial charge in [0.15, 0.2) is 6.61 Å². The summed E-state index contributed by atoms with van der Waals surface area (Å²) < 4.78 is 11.7. The standard InChI is InChI=1S/C19H21BrN2O4/c1-2-25-19(24)22-9-7-21(8-10-22)18(23)13-26-17-6-4-14-11-16(20)5-3-15(14)12-17/h3-6,11-12H,2,7-10,13H2,1H3. The zero-order chi connectivity index (χ0) is 18.5. The number of carbonyl (C=O) groups is 2. The van der Waals surface area contributed by atoms with Crippen molar-refractivity contribution in [3.63, 3.8) is 0 Å². The van der Waals surface area contributed by atoms with Crippen LogP contribution in [-0.4, -0.2) is 61.2 Å². The molecule has 3 rings (SSSR count). The van der Waals surface area contributed by atoms with Crippen LogP contribution in [0.5, 0.6) is 5.75 Å². The molecule has 1 fully saturated rings. The maximum absolute atomic E-state index is 12.3. The average Bonchev–Trinajstić information content (AvgIpc) is 2.66. The molecule has 138 valence electrons. The van der Waals surface area contributed by atoms with Gasteiger partial charge in [-0.15, -0.1) is 0 Å². The van der Waals surface area contributed by atoms with Crippen molar-refractivity contribution in [1.82, 2.24) is 9.80 Å². The van der Waals surface area contributed by atoms with Gasteiger partial charge in [-0.25, -0.2) is 4.79 Å². The summed E-state index contributed by atoms with van der Waals surface area (Å²) in [6.45, 7) is 4.07. The van der Waals surface area contributed by atoms with Gasteiger partial charge in [0.25, 0.3) is 5.91 Å². The minimum absolute atomic E-state index is 0.0125. The minimum atomic E-state index is -0.321. The molecule has 0 saturated carbocycles. The number of carbonyl (C=O) groups excluding carboxylic acids is 2. The van der Waals surface area contributed by atoms with Crippen LogP contribution >= 0.6 is 15.9 Å². The first-order chi connectivity index (χ1) is 12.6. The third-order valence-electron chi connectivity index (χ3n) is 4.29. The Morgan fingerprint density at radius 3 is 2.38 bits per heavy atom. The summed E-state index contributed by atoms with van der Waals surface area (Å²) in [4.78, 5) is 27.4. The molecule has 0 atom stereocenters. The number of hydrogen-bond acceptors (Lipinski definition) is 4. The van der Waals surface area contributed by atoms with Gasteiger partial charge in [0.2, 0.25) is 0 Å². The smallest absolute Gasteiger partial charge is 0.409 e.